The largest absolute Gasteiger partial charge is 0.487 e. The first-order chi connectivity index (χ1) is 9.40. The van der Waals surface area contributed by atoms with Gasteiger partial charge in [0.1, 0.15) is 18.2 Å². The minimum absolute atomic E-state index is 0.314. The van der Waals surface area contributed by atoms with Gasteiger partial charge in [0.15, 0.2) is 0 Å². The SMILES string of the molecule is Cc1nn(C)c(COc2ccc(C(C)N)c(F)c2)c1Br. The van der Waals surface area contributed by atoms with Crippen molar-refractivity contribution in [2.45, 2.75) is 26.5 Å². The number of aryl methyl sites for hydroxylation is 2. The van der Waals surface area contributed by atoms with Gasteiger partial charge < -0.3 is 10.5 Å². The predicted octanol–water partition coefficient (Wildman–Crippen LogP) is 3.23. The molecule has 0 aliphatic carbocycles. The summed E-state index contributed by atoms with van der Waals surface area (Å²) in [6, 6.07) is 4.39. The summed E-state index contributed by atoms with van der Waals surface area (Å²) in [4.78, 5) is 0. The molecule has 0 saturated carbocycles. The van der Waals surface area contributed by atoms with E-state index in [1.165, 1.54) is 6.07 Å². The van der Waals surface area contributed by atoms with Crippen LogP contribution in [0.25, 0.3) is 0 Å². The van der Waals surface area contributed by atoms with Crippen molar-refractivity contribution >= 4 is 15.9 Å². The minimum Gasteiger partial charge on any atom is -0.487 e. The van der Waals surface area contributed by atoms with Crippen LogP contribution in [0.4, 0.5) is 4.39 Å². The van der Waals surface area contributed by atoms with Gasteiger partial charge in [-0.2, -0.15) is 5.10 Å². The van der Waals surface area contributed by atoms with Crippen molar-refractivity contribution in [1.29, 1.82) is 0 Å². The highest BCUT2D eigenvalue weighted by Crippen LogP contribution is 2.24. The summed E-state index contributed by atoms with van der Waals surface area (Å²) < 4.78 is 22.1. The van der Waals surface area contributed by atoms with Crippen molar-refractivity contribution in [3.63, 3.8) is 0 Å². The van der Waals surface area contributed by atoms with Crippen LogP contribution in [0.3, 0.4) is 0 Å². The standard InChI is InChI=1S/C14H17BrFN3O/c1-8(17)11-5-4-10(6-12(11)16)20-7-13-14(15)9(2)18-19(13)3/h4-6,8H,7,17H2,1-3H3. The van der Waals surface area contributed by atoms with Gasteiger partial charge >= 0.3 is 0 Å². The third-order valence-electron chi connectivity index (χ3n) is 3.10. The van der Waals surface area contributed by atoms with Gasteiger partial charge in [0.05, 0.1) is 15.9 Å². The number of hydrogen-bond donors (Lipinski definition) is 1. The smallest absolute Gasteiger partial charge is 0.131 e. The van der Waals surface area contributed by atoms with Crippen molar-refractivity contribution in [1.82, 2.24) is 9.78 Å². The van der Waals surface area contributed by atoms with Crippen LogP contribution in [0.1, 0.15) is 29.9 Å². The molecule has 0 spiro atoms. The van der Waals surface area contributed by atoms with Gasteiger partial charge in [0, 0.05) is 24.7 Å². The summed E-state index contributed by atoms with van der Waals surface area (Å²) in [6.45, 7) is 3.97. The molecule has 6 heteroatoms. The first-order valence-electron chi connectivity index (χ1n) is 6.26. The second kappa shape index (κ2) is 5.93. The lowest BCUT2D eigenvalue weighted by molar-refractivity contribution is 0.292. The predicted molar refractivity (Wildman–Crippen MR) is 79.0 cm³/mol. The van der Waals surface area contributed by atoms with E-state index in [9.17, 15) is 4.39 Å². The molecule has 108 valence electrons. The fourth-order valence-corrected chi connectivity index (χ4v) is 2.41. The van der Waals surface area contributed by atoms with E-state index in [0.29, 0.717) is 17.9 Å². The summed E-state index contributed by atoms with van der Waals surface area (Å²) >= 11 is 3.47. The highest BCUT2D eigenvalue weighted by molar-refractivity contribution is 9.10. The third kappa shape index (κ3) is 3.02. The summed E-state index contributed by atoms with van der Waals surface area (Å²) in [7, 11) is 1.84. The van der Waals surface area contributed by atoms with Crippen LogP contribution in [0.5, 0.6) is 5.75 Å². The molecule has 20 heavy (non-hydrogen) atoms. The molecule has 0 radical (unpaired) electrons. The first kappa shape index (κ1) is 15.0. The van der Waals surface area contributed by atoms with Crippen LogP contribution >= 0.6 is 15.9 Å². The van der Waals surface area contributed by atoms with Crippen LogP contribution in [0.2, 0.25) is 0 Å². The molecule has 1 atom stereocenters. The number of rotatable bonds is 4. The maximum absolute atomic E-state index is 13.8. The fraction of sp³-hybridized carbons (Fsp3) is 0.357. The molecule has 0 aliphatic heterocycles. The van der Waals surface area contributed by atoms with E-state index in [1.54, 1.807) is 23.7 Å². The molecule has 1 unspecified atom stereocenters. The van der Waals surface area contributed by atoms with E-state index in [2.05, 4.69) is 21.0 Å². The summed E-state index contributed by atoms with van der Waals surface area (Å²) in [6.07, 6.45) is 0. The summed E-state index contributed by atoms with van der Waals surface area (Å²) in [5.74, 6) is 0.121. The van der Waals surface area contributed by atoms with Gasteiger partial charge in [-0.25, -0.2) is 4.39 Å². The Morgan fingerprint density at radius 2 is 2.20 bits per heavy atom. The Labute approximate surface area is 125 Å². The van der Waals surface area contributed by atoms with Crippen molar-refractivity contribution in [3.05, 3.63) is 45.4 Å². The Balaban J connectivity index is 2.13. The Bertz CT molecular complexity index is 625. The lowest BCUT2D eigenvalue weighted by Gasteiger charge is -2.11. The van der Waals surface area contributed by atoms with Crippen LogP contribution in [-0.4, -0.2) is 9.78 Å². The molecule has 2 N–H and O–H groups in total. The van der Waals surface area contributed by atoms with E-state index in [0.717, 1.165) is 15.9 Å². The second-order valence-corrected chi connectivity index (χ2v) is 5.52. The molecule has 1 aromatic heterocycles. The molecule has 4 nitrogen and oxygen atoms in total. The highest BCUT2D eigenvalue weighted by Gasteiger charge is 2.12. The quantitative estimate of drug-likeness (QED) is 0.928. The van der Waals surface area contributed by atoms with Gasteiger partial charge in [0.2, 0.25) is 0 Å². The number of nitrogens with two attached hydrogens (primary N) is 1. The molecule has 0 saturated heterocycles. The molecule has 2 aromatic rings. The molecule has 0 aliphatic rings. The molecule has 1 heterocycles. The van der Waals surface area contributed by atoms with Crippen molar-refractivity contribution in [2.75, 3.05) is 0 Å². The number of nitrogens with zero attached hydrogens (tertiary/aromatic N) is 2. The van der Waals surface area contributed by atoms with Crippen LogP contribution < -0.4 is 10.5 Å². The lowest BCUT2D eigenvalue weighted by atomic mass is 10.1. The van der Waals surface area contributed by atoms with Gasteiger partial charge in [-0.15, -0.1) is 0 Å². The van der Waals surface area contributed by atoms with Gasteiger partial charge in [0.25, 0.3) is 0 Å². The van der Waals surface area contributed by atoms with Crippen molar-refractivity contribution < 1.29 is 9.13 Å². The van der Waals surface area contributed by atoms with E-state index in [-0.39, 0.29) is 11.9 Å². The van der Waals surface area contributed by atoms with E-state index in [4.69, 9.17) is 10.5 Å². The molecule has 0 bridgehead atoms. The van der Waals surface area contributed by atoms with Crippen LogP contribution in [0, 0.1) is 12.7 Å². The topological polar surface area (TPSA) is 53.1 Å². The average Bonchev–Trinajstić information content (AvgIpc) is 2.61. The Morgan fingerprint density at radius 1 is 1.50 bits per heavy atom. The molecule has 1 aromatic carbocycles. The number of ether oxygens (including phenoxy) is 1. The molecular formula is C14H17BrFN3O. The zero-order valence-corrected chi connectivity index (χ0v) is 13.2. The average molecular weight is 342 g/mol. The lowest BCUT2D eigenvalue weighted by Crippen LogP contribution is -2.08. The maximum atomic E-state index is 13.8. The fourth-order valence-electron chi connectivity index (χ4n) is 1.96. The number of aromatic nitrogens is 2. The molecular weight excluding hydrogens is 325 g/mol. The Morgan fingerprint density at radius 3 is 2.70 bits per heavy atom. The monoisotopic (exact) mass is 341 g/mol. The highest BCUT2D eigenvalue weighted by atomic mass is 79.9. The van der Waals surface area contributed by atoms with Crippen LogP contribution in [-0.2, 0) is 13.7 Å². The van der Waals surface area contributed by atoms with E-state index >= 15 is 0 Å². The normalized spacial score (nSPS) is 12.5. The first-order valence-corrected chi connectivity index (χ1v) is 7.05. The van der Waals surface area contributed by atoms with Crippen molar-refractivity contribution in [2.24, 2.45) is 12.8 Å². The molecule has 2 rings (SSSR count). The maximum Gasteiger partial charge on any atom is 0.131 e. The summed E-state index contributed by atoms with van der Waals surface area (Å²) in [5, 5.41) is 4.28. The Hall–Kier alpha value is -1.40. The third-order valence-corrected chi connectivity index (χ3v) is 4.13. The molecule has 0 fully saturated rings. The zero-order chi connectivity index (χ0) is 14.9. The number of hydrogen-bond acceptors (Lipinski definition) is 3. The number of benzene rings is 1. The van der Waals surface area contributed by atoms with Crippen LogP contribution in [0.15, 0.2) is 22.7 Å². The second-order valence-electron chi connectivity index (χ2n) is 4.73. The van der Waals surface area contributed by atoms with Crippen molar-refractivity contribution in [3.8, 4) is 5.75 Å². The Kier molecular flexibility index (Phi) is 4.45. The zero-order valence-electron chi connectivity index (χ0n) is 11.7. The van der Waals surface area contributed by atoms with Gasteiger partial charge in [-0.3, -0.25) is 4.68 Å². The summed E-state index contributed by atoms with van der Waals surface area (Å²) in [5.41, 5.74) is 7.95. The number of halogens is 2. The van der Waals surface area contributed by atoms with E-state index < -0.39 is 0 Å². The van der Waals surface area contributed by atoms with Gasteiger partial charge in [-0.05, 0) is 35.8 Å². The van der Waals surface area contributed by atoms with Gasteiger partial charge in [-0.1, -0.05) is 6.07 Å². The molecule has 0 amide bonds. The van der Waals surface area contributed by atoms with E-state index in [1.807, 2.05) is 14.0 Å². The minimum atomic E-state index is -0.349.